The maximum absolute atomic E-state index is 6.14. The lowest BCUT2D eigenvalue weighted by Crippen LogP contribution is -2.49. The van der Waals surface area contributed by atoms with Crippen molar-refractivity contribution in [3.63, 3.8) is 0 Å². The van der Waals surface area contributed by atoms with Crippen molar-refractivity contribution in [3.8, 4) is 0 Å². The Morgan fingerprint density at radius 1 is 1.00 bits per heavy atom. The summed E-state index contributed by atoms with van der Waals surface area (Å²) in [5.74, 6) is 0. The van der Waals surface area contributed by atoms with E-state index in [9.17, 15) is 0 Å². The van der Waals surface area contributed by atoms with Crippen LogP contribution in [0.15, 0.2) is 60.7 Å². The molecule has 1 N–H and O–H groups in total. The Hall–Kier alpha value is -1.68. The molecule has 1 heterocycles. The summed E-state index contributed by atoms with van der Waals surface area (Å²) in [5.41, 5.74) is 2.24. The van der Waals surface area contributed by atoms with Crippen LogP contribution < -0.4 is 5.32 Å². The fourth-order valence-electron chi connectivity index (χ4n) is 3.05. The molecule has 2 aromatic rings. The lowest BCUT2D eigenvalue weighted by atomic mass is 9.96. The van der Waals surface area contributed by atoms with Gasteiger partial charge in [0.2, 0.25) is 0 Å². The van der Waals surface area contributed by atoms with Crippen LogP contribution in [0.3, 0.4) is 0 Å². The van der Waals surface area contributed by atoms with Crippen molar-refractivity contribution in [2.75, 3.05) is 6.61 Å². The van der Waals surface area contributed by atoms with E-state index < -0.39 is 0 Å². The first-order chi connectivity index (χ1) is 11.1. The van der Waals surface area contributed by atoms with Crippen molar-refractivity contribution in [3.05, 3.63) is 71.8 Å². The second kappa shape index (κ2) is 7.26. The fourth-order valence-corrected chi connectivity index (χ4v) is 3.05. The van der Waals surface area contributed by atoms with Crippen LogP contribution in [-0.2, 0) is 22.6 Å². The Morgan fingerprint density at radius 3 is 2.26 bits per heavy atom. The second-order valence-electron chi connectivity index (χ2n) is 6.59. The summed E-state index contributed by atoms with van der Waals surface area (Å²) < 4.78 is 12.1. The average Bonchev–Trinajstić information content (AvgIpc) is 2.87. The number of ether oxygens (including phenoxy) is 2. The third kappa shape index (κ3) is 4.20. The van der Waals surface area contributed by atoms with Gasteiger partial charge < -0.3 is 14.8 Å². The summed E-state index contributed by atoms with van der Waals surface area (Å²) in [6, 6.07) is 20.9. The Bertz CT molecular complexity index is 598. The monoisotopic (exact) mass is 311 g/mol. The van der Waals surface area contributed by atoms with Gasteiger partial charge >= 0.3 is 0 Å². The Labute approximate surface area is 138 Å². The van der Waals surface area contributed by atoms with Crippen LogP contribution >= 0.6 is 0 Å². The smallest absolute Gasteiger partial charge is 0.0993 e. The first kappa shape index (κ1) is 16.2. The Balaban J connectivity index is 1.60. The second-order valence-corrected chi connectivity index (χ2v) is 6.59. The molecule has 3 nitrogen and oxygen atoms in total. The minimum Gasteiger partial charge on any atom is -0.371 e. The first-order valence-corrected chi connectivity index (χ1v) is 8.22. The fraction of sp³-hybridized carbons (Fsp3) is 0.400. The van der Waals surface area contributed by atoms with Gasteiger partial charge in [-0.3, -0.25) is 0 Å². The molecule has 3 heteroatoms. The van der Waals surface area contributed by atoms with Crippen LogP contribution in [0.4, 0.5) is 0 Å². The third-order valence-electron chi connectivity index (χ3n) is 4.42. The zero-order valence-electron chi connectivity index (χ0n) is 13.9. The van der Waals surface area contributed by atoms with E-state index in [1.165, 1.54) is 11.1 Å². The van der Waals surface area contributed by atoms with Crippen LogP contribution in [-0.4, -0.2) is 24.4 Å². The minimum atomic E-state index is -0.226. The number of hydrogen-bond donors (Lipinski definition) is 1. The highest BCUT2D eigenvalue weighted by Crippen LogP contribution is 2.28. The predicted octanol–water partition coefficient (Wildman–Crippen LogP) is 3.54. The van der Waals surface area contributed by atoms with Crippen LogP contribution in [0.1, 0.15) is 25.0 Å². The zero-order chi connectivity index (χ0) is 16.1. The van der Waals surface area contributed by atoms with E-state index in [1.54, 1.807) is 0 Å². The predicted molar refractivity (Wildman–Crippen MR) is 92.1 cm³/mol. The maximum Gasteiger partial charge on any atom is 0.0993 e. The van der Waals surface area contributed by atoms with Crippen LogP contribution in [0.25, 0.3) is 0 Å². The molecule has 23 heavy (non-hydrogen) atoms. The van der Waals surface area contributed by atoms with Gasteiger partial charge in [0.05, 0.1) is 31.0 Å². The zero-order valence-corrected chi connectivity index (χ0v) is 13.9. The number of rotatable bonds is 6. The van der Waals surface area contributed by atoms with E-state index in [4.69, 9.17) is 9.47 Å². The molecule has 1 fully saturated rings. The molecule has 0 radical (unpaired) electrons. The molecule has 2 atom stereocenters. The van der Waals surface area contributed by atoms with Crippen molar-refractivity contribution >= 4 is 0 Å². The molecule has 0 aromatic heterocycles. The topological polar surface area (TPSA) is 30.5 Å². The van der Waals surface area contributed by atoms with Gasteiger partial charge in [-0.1, -0.05) is 60.7 Å². The number of hydrogen-bond acceptors (Lipinski definition) is 3. The quantitative estimate of drug-likeness (QED) is 0.885. The highest BCUT2D eigenvalue weighted by molar-refractivity contribution is 5.15. The normalized spacial score (nSPS) is 23.0. The molecule has 0 unspecified atom stereocenters. The highest BCUT2D eigenvalue weighted by Gasteiger charge is 2.43. The van der Waals surface area contributed by atoms with E-state index in [0.717, 1.165) is 6.54 Å². The molecule has 0 amide bonds. The van der Waals surface area contributed by atoms with E-state index in [0.29, 0.717) is 13.2 Å². The minimum absolute atomic E-state index is 0.0638. The molecule has 122 valence electrons. The van der Waals surface area contributed by atoms with Gasteiger partial charge in [0.15, 0.2) is 0 Å². The van der Waals surface area contributed by atoms with Crippen LogP contribution in [0, 0.1) is 0 Å². The largest absolute Gasteiger partial charge is 0.371 e. The van der Waals surface area contributed by atoms with Gasteiger partial charge in [0.1, 0.15) is 0 Å². The van der Waals surface area contributed by atoms with Gasteiger partial charge in [-0.2, -0.15) is 0 Å². The van der Waals surface area contributed by atoms with Gasteiger partial charge in [0, 0.05) is 6.54 Å². The SMILES string of the molecule is CC1(C)OC[C@@H](OCc2ccccc2)[C@@H]1NCc1ccccc1. The lowest BCUT2D eigenvalue weighted by molar-refractivity contribution is 0.0121. The summed E-state index contributed by atoms with van der Waals surface area (Å²) in [7, 11) is 0. The van der Waals surface area contributed by atoms with Crippen LogP contribution in [0.5, 0.6) is 0 Å². The van der Waals surface area contributed by atoms with Gasteiger partial charge in [-0.25, -0.2) is 0 Å². The Kier molecular flexibility index (Phi) is 5.11. The van der Waals surface area contributed by atoms with E-state index in [1.807, 2.05) is 24.3 Å². The van der Waals surface area contributed by atoms with Gasteiger partial charge in [-0.05, 0) is 25.0 Å². The standard InChI is InChI=1S/C20H25NO2/c1-20(2)19(21-13-16-9-5-3-6-10-16)18(15-23-20)22-14-17-11-7-4-8-12-17/h3-12,18-19,21H,13-15H2,1-2H3/t18-,19+/m1/s1. The molecular weight excluding hydrogens is 286 g/mol. The van der Waals surface area contributed by atoms with E-state index >= 15 is 0 Å². The van der Waals surface area contributed by atoms with E-state index in [-0.39, 0.29) is 17.7 Å². The van der Waals surface area contributed by atoms with Crippen LogP contribution in [0.2, 0.25) is 0 Å². The van der Waals surface area contributed by atoms with Crippen molar-refractivity contribution in [2.24, 2.45) is 0 Å². The van der Waals surface area contributed by atoms with Crippen molar-refractivity contribution in [1.29, 1.82) is 0 Å². The molecule has 0 aliphatic carbocycles. The molecule has 2 aromatic carbocycles. The van der Waals surface area contributed by atoms with Gasteiger partial charge in [0.25, 0.3) is 0 Å². The molecule has 1 aliphatic rings. The summed E-state index contributed by atoms with van der Waals surface area (Å²) in [6.07, 6.45) is 0.0638. The number of nitrogens with one attached hydrogen (secondary N) is 1. The summed E-state index contributed by atoms with van der Waals surface area (Å²) in [6.45, 7) is 6.33. The molecule has 1 saturated heterocycles. The lowest BCUT2D eigenvalue weighted by Gasteiger charge is -2.29. The van der Waals surface area contributed by atoms with E-state index in [2.05, 4.69) is 55.6 Å². The average molecular weight is 311 g/mol. The van der Waals surface area contributed by atoms with Gasteiger partial charge in [-0.15, -0.1) is 0 Å². The summed E-state index contributed by atoms with van der Waals surface area (Å²) in [4.78, 5) is 0. The first-order valence-electron chi connectivity index (χ1n) is 8.22. The number of benzene rings is 2. The molecule has 0 spiro atoms. The van der Waals surface area contributed by atoms with Crippen molar-refractivity contribution in [2.45, 2.75) is 44.7 Å². The highest BCUT2D eigenvalue weighted by atomic mass is 16.6. The van der Waals surface area contributed by atoms with Crippen molar-refractivity contribution in [1.82, 2.24) is 5.32 Å². The summed E-state index contributed by atoms with van der Waals surface area (Å²) >= 11 is 0. The molecule has 0 saturated carbocycles. The molecule has 1 aliphatic heterocycles. The molecular formula is C20H25NO2. The third-order valence-corrected chi connectivity index (χ3v) is 4.42. The maximum atomic E-state index is 6.14. The van der Waals surface area contributed by atoms with Crippen molar-refractivity contribution < 1.29 is 9.47 Å². The Morgan fingerprint density at radius 2 is 1.61 bits per heavy atom. The summed E-state index contributed by atoms with van der Waals surface area (Å²) in [5, 5.41) is 3.62. The molecule has 3 rings (SSSR count). The molecule has 0 bridgehead atoms.